The van der Waals surface area contributed by atoms with Gasteiger partial charge in [0.25, 0.3) is 0 Å². The Morgan fingerprint density at radius 1 is 0.969 bits per heavy atom. The van der Waals surface area contributed by atoms with Crippen molar-refractivity contribution in [2.24, 2.45) is 0 Å². The summed E-state index contributed by atoms with van der Waals surface area (Å²) in [6.07, 6.45) is 0.762. The van der Waals surface area contributed by atoms with Crippen LogP contribution in [0.1, 0.15) is 36.3 Å². The largest absolute Gasteiger partial charge is 0.332 e. The molecular formula is C26H31N3O2S. The van der Waals surface area contributed by atoms with Gasteiger partial charge in [0.15, 0.2) is 0 Å². The molecule has 0 saturated carbocycles. The van der Waals surface area contributed by atoms with Crippen molar-refractivity contribution in [1.29, 1.82) is 0 Å². The Kier molecular flexibility index (Phi) is 8.45. The monoisotopic (exact) mass is 449 g/mol. The van der Waals surface area contributed by atoms with E-state index in [9.17, 15) is 9.59 Å². The number of anilines is 1. The number of thiophene rings is 1. The number of carbonyl (C=O) groups excluding carboxylic acids is 2. The van der Waals surface area contributed by atoms with Crippen molar-refractivity contribution in [1.82, 2.24) is 9.80 Å². The fourth-order valence-corrected chi connectivity index (χ4v) is 4.07. The van der Waals surface area contributed by atoms with E-state index in [1.54, 1.807) is 16.2 Å². The Morgan fingerprint density at radius 2 is 1.69 bits per heavy atom. The Hall–Kier alpha value is -3.12. The molecule has 168 valence electrons. The van der Waals surface area contributed by atoms with Crippen LogP contribution < -0.4 is 5.32 Å². The van der Waals surface area contributed by atoms with Crippen LogP contribution in [0.15, 0.2) is 72.1 Å². The van der Waals surface area contributed by atoms with Crippen molar-refractivity contribution in [2.45, 2.75) is 46.3 Å². The highest BCUT2D eigenvalue weighted by atomic mass is 32.1. The molecule has 2 aromatic carbocycles. The summed E-state index contributed by atoms with van der Waals surface area (Å²) in [7, 11) is 0. The second kappa shape index (κ2) is 11.5. The molecule has 1 aromatic heterocycles. The molecule has 1 atom stereocenters. The third-order valence-corrected chi connectivity index (χ3v) is 6.35. The first-order chi connectivity index (χ1) is 15.5. The molecule has 0 fully saturated rings. The van der Waals surface area contributed by atoms with E-state index in [0.29, 0.717) is 13.1 Å². The van der Waals surface area contributed by atoms with Crippen molar-refractivity contribution in [3.63, 3.8) is 0 Å². The molecule has 0 aliphatic heterocycles. The first kappa shape index (κ1) is 23.5. The summed E-state index contributed by atoms with van der Waals surface area (Å²) in [4.78, 5) is 31.1. The molecule has 1 N–H and O–H groups in total. The molecule has 0 aliphatic rings. The molecule has 0 radical (unpaired) electrons. The lowest BCUT2D eigenvalue weighted by molar-refractivity contribution is -0.133. The van der Waals surface area contributed by atoms with E-state index in [-0.39, 0.29) is 24.5 Å². The van der Waals surface area contributed by atoms with Gasteiger partial charge in [-0.2, -0.15) is 0 Å². The van der Waals surface area contributed by atoms with Gasteiger partial charge in [-0.1, -0.05) is 61.0 Å². The van der Waals surface area contributed by atoms with Crippen LogP contribution in [-0.2, 0) is 17.9 Å². The van der Waals surface area contributed by atoms with E-state index in [2.05, 4.69) is 5.32 Å². The maximum Gasteiger partial charge on any atom is 0.322 e. The summed E-state index contributed by atoms with van der Waals surface area (Å²) in [5, 5.41) is 4.96. The lowest BCUT2D eigenvalue weighted by atomic mass is 10.2. The van der Waals surface area contributed by atoms with Gasteiger partial charge in [-0.05, 0) is 49.4 Å². The minimum Gasteiger partial charge on any atom is -0.332 e. The predicted octanol–water partition coefficient (Wildman–Crippen LogP) is 5.92. The molecule has 3 amide bonds. The van der Waals surface area contributed by atoms with E-state index in [4.69, 9.17) is 0 Å². The third-order valence-electron chi connectivity index (χ3n) is 5.49. The smallest absolute Gasteiger partial charge is 0.322 e. The van der Waals surface area contributed by atoms with Crippen molar-refractivity contribution in [3.8, 4) is 0 Å². The van der Waals surface area contributed by atoms with E-state index in [1.807, 2.05) is 97.8 Å². The summed E-state index contributed by atoms with van der Waals surface area (Å²) >= 11 is 1.63. The van der Waals surface area contributed by atoms with E-state index < -0.39 is 0 Å². The standard InChI is InChI=1S/C26H31N3O2S/c1-4-21(3)29(26(31)27-23-14-12-20(2)13-15-23)19-25(30)28(18-24-11-8-16-32-24)17-22-9-6-5-7-10-22/h5-16,21H,4,17-19H2,1-3H3,(H,27,31). The number of rotatable bonds is 9. The molecule has 3 rings (SSSR count). The van der Waals surface area contributed by atoms with Gasteiger partial charge in [-0.25, -0.2) is 4.79 Å². The minimum absolute atomic E-state index is 0.0326. The van der Waals surface area contributed by atoms with Gasteiger partial charge in [-0.15, -0.1) is 11.3 Å². The number of nitrogens with one attached hydrogen (secondary N) is 1. The average Bonchev–Trinajstić information content (AvgIpc) is 3.31. The zero-order valence-electron chi connectivity index (χ0n) is 19.0. The maximum atomic E-state index is 13.4. The Labute approximate surface area is 194 Å². The Morgan fingerprint density at radius 3 is 2.31 bits per heavy atom. The molecule has 0 bridgehead atoms. The Balaban J connectivity index is 1.75. The lowest BCUT2D eigenvalue weighted by Gasteiger charge is -2.31. The van der Waals surface area contributed by atoms with Gasteiger partial charge >= 0.3 is 6.03 Å². The number of benzene rings is 2. The molecule has 0 aliphatic carbocycles. The SMILES string of the molecule is CCC(C)N(CC(=O)N(Cc1ccccc1)Cc1cccs1)C(=O)Nc1ccc(C)cc1. The van der Waals surface area contributed by atoms with Crippen molar-refractivity contribution in [3.05, 3.63) is 88.1 Å². The number of nitrogens with zero attached hydrogens (tertiary/aromatic N) is 2. The summed E-state index contributed by atoms with van der Waals surface area (Å²) in [6.45, 7) is 7.07. The fraction of sp³-hybridized carbons (Fsp3) is 0.308. The molecular weight excluding hydrogens is 418 g/mol. The highest BCUT2D eigenvalue weighted by molar-refractivity contribution is 7.09. The molecule has 6 heteroatoms. The number of aryl methyl sites for hydroxylation is 1. The number of urea groups is 1. The topological polar surface area (TPSA) is 52.7 Å². The van der Waals surface area contributed by atoms with Gasteiger partial charge in [0.1, 0.15) is 6.54 Å². The maximum absolute atomic E-state index is 13.4. The summed E-state index contributed by atoms with van der Waals surface area (Å²) in [5.74, 6) is -0.0680. The van der Waals surface area contributed by atoms with Gasteiger partial charge < -0.3 is 15.1 Å². The first-order valence-corrected chi connectivity index (χ1v) is 11.8. The molecule has 5 nitrogen and oxygen atoms in total. The fourth-order valence-electron chi connectivity index (χ4n) is 3.35. The van der Waals surface area contributed by atoms with Crippen LogP contribution in [0.3, 0.4) is 0 Å². The zero-order valence-corrected chi connectivity index (χ0v) is 19.8. The van der Waals surface area contributed by atoms with Crippen LogP contribution in [0.4, 0.5) is 10.5 Å². The van der Waals surface area contributed by atoms with Crippen LogP contribution in [0.25, 0.3) is 0 Å². The van der Waals surface area contributed by atoms with Gasteiger partial charge in [0.05, 0.1) is 6.54 Å². The second-order valence-corrected chi connectivity index (χ2v) is 9.03. The van der Waals surface area contributed by atoms with Gasteiger partial charge in [0.2, 0.25) is 5.91 Å². The van der Waals surface area contributed by atoms with Crippen LogP contribution in [-0.4, -0.2) is 34.3 Å². The number of hydrogen-bond donors (Lipinski definition) is 1. The molecule has 1 unspecified atom stereocenters. The summed E-state index contributed by atoms with van der Waals surface area (Å²) < 4.78 is 0. The van der Waals surface area contributed by atoms with Gasteiger partial charge in [0, 0.05) is 23.2 Å². The first-order valence-electron chi connectivity index (χ1n) is 10.9. The molecule has 0 saturated heterocycles. The molecule has 1 heterocycles. The van der Waals surface area contributed by atoms with Crippen molar-refractivity contribution in [2.75, 3.05) is 11.9 Å². The zero-order chi connectivity index (χ0) is 22.9. The summed E-state index contributed by atoms with van der Waals surface area (Å²) in [5.41, 5.74) is 2.92. The summed E-state index contributed by atoms with van der Waals surface area (Å²) in [6, 6.07) is 21.3. The quantitative estimate of drug-likeness (QED) is 0.441. The van der Waals surface area contributed by atoms with E-state index in [0.717, 1.165) is 28.1 Å². The number of carbonyl (C=O) groups is 2. The highest BCUT2D eigenvalue weighted by Crippen LogP contribution is 2.17. The van der Waals surface area contributed by atoms with Crippen LogP contribution in [0.5, 0.6) is 0 Å². The third kappa shape index (κ3) is 6.69. The Bertz CT molecular complexity index is 988. The second-order valence-electron chi connectivity index (χ2n) is 8.00. The number of hydrogen-bond acceptors (Lipinski definition) is 3. The van der Waals surface area contributed by atoms with Gasteiger partial charge in [-0.3, -0.25) is 4.79 Å². The average molecular weight is 450 g/mol. The highest BCUT2D eigenvalue weighted by Gasteiger charge is 2.25. The van der Waals surface area contributed by atoms with Crippen LogP contribution >= 0.6 is 11.3 Å². The van der Waals surface area contributed by atoms with Crippen molar-refractivity contribution < 1.29 is 9.59 Å². The molecule has 32 heavy (non-hydrogen) atoms. The van der Waals surface area contributed by atoms with E-state index >= 15 is 0 Å². The molecule has 0 spiro atoms. The van der Waals surface area contributed by atoms with Crippen LogP contribution in [0.2, 0.25) is 0 Å². The minimum atomic E-state index is -0.257. The normalized spacial score (nSPS) is 11.6. The number of amides is 3. The van der Waals surface area contributed by atoms with Crippen molar-refractivity contribution >= 4 is 29.0 Å². The van der Waals surface area contributed by atoms with E-state index in [1.165, 1.54) is 0 Å². The molecule has 3 aromatic rings. The predicted molar refractivity (Wildman–Crippen MR) is 132 cm³/mol. The lowest BCUT2D eigenvalue weighted by Crippen LogP contribution is -2.47. The van der Waals surface area contributed by atoms with Crippen LogP contribution in [0, 0.1) is 6.92 Å².